The van der Waals surface area contributed by atoms with Crippen LogP contribution in [-0.4, -0.2) is 0 Å². The molecule has 1 heterocycles. The first-order chi connectivity index (χ1) is 9.29. The number of pyridine rings is 1. The highest BCUT2D eigenvalue weighted by Crippen LogP contribution is 2.23. The van der Waals surface area contributed by atoms with Gasteiger partial charge in [-0.1, -0.05) is 37.6 Å². The van der Waals surface area contributed by atoms with E-state index in [1.807, 2.05) is 0 Å². The van der Waals surface area contributed by atoms with Gasteiger partial charge in [-0.3, -0.25) is 0 Å². The van der Waals surface area contributed by atoms with Crippen LogP contribution in [0, 0.1) is 0 Å². The average molecular weight is 286 g/mol. The minimum Gasteiger partial charge on any atom is -1.00 e. The van der Waals surface area contributed by atoms with Crippen LogP contribution in [0.4, 0.5) is 0 Å². The van der Waals surface area contributed by atoms with Crippen LogP contribution in [0.15, 0.2) is 48.7 Å². The van der Waals surface area contributed by atoms with Gasteiger partial charge < -0.3 is 12.4 Å². The lowest BCUT2D eigenvalue weighted by Gasteiger charge is -2.05. The summed E-state index contributed by atoms with van der Waals surface area (Å²) in [7, 11) is 2.13. The minimum absolute atomic E-state index is 0. The SMILES string of the molecule is CCCCc1ccc2c(c1)c1ccccc1c[n+]2C.[Cl-]. The van der Waals surface area contributed by atoms with E-state index < -0.39 is 0 Å². The first-order valence-corrected chi connectivity index (χ1v) is 7.09. The molecule has 0 saturated heterocycles. The van der Waals surface area contributed by atoms with Gasteiger partial charge in [0.1, 0.15) is 7.05 Å². The van der Waals surface area contributed by atoms with Crippen LogP contribution >= 0.6 is 0 Å². The van der Waals surface area contributed by atoms with Crippen molar-refractivity contribution < 1.29 is 17.0 Å². The average Bonchev–Trinajstić information content (AvgIpc) is 2.45. The Morgan fingerprint density at radius 2 is 1.80 bits per heavy atom. The maximum absolute atomic E-state index is 2.37. The molecule has 0 aliphatic carbocycles. The number of halogens is 1. The first-order valence-electron chi connectivity index (χ1n) is 7.09. The Kier molecular flexibility index (Phi) is 4.61. The molecule has 3 rings (SSSR count). The minimum atomic E-state index is 0. The van der Waals surface area contributed by atoms with E-state index in [0.29, 0.717) is 0 Å². The van der Waals surface area contributed by atoms with E-state index in [1.54, 1.807) is 0 Å². The third kappa shape index (κ3) is 2.64. The molecule has 104 valence electrons. The molecule has 0 amide bonds. The number of unbranched alkanes of at least 4 members (excludes halogenated alkanes) is 1. The van der Waals surface area contributed by atoms with Crippen LogP contribution < -0.4 is 17.0 Å². The first kappa shape index (κ1) is 14.8. The number of hydrogen-bond acceptors (Lipinski definition) is 0. The van der Waals surface area contributed by atoms with Crippen molar-refractivity contribution in [1.29, 1.82) is 0 Å². The maximum Gasteiger partial charge on any atom is 0.212 e. The summed E-state index contributed by atoms with van der Waals surface area (Å²) in [5.74, 6) is 0. The van der Waals surface area contributed by atoms with E-state index in [4.69, 9.17) is 0 Å². The van der Waals surface area contributed by atoms with Crippen LogP contribution in [-0.2, 0) is 13.5 Å². The lowest BCUT2D eigenvalue weighted by molar-refractivity contribution is -0.643. The van der Waals surface area contributed by atoms with Crippen LogP contribution in [0.5, 0.6) is 0 Å². The standard InChI is InChI=1S/C18H20N.ClH/c1-3-4-7-14-10-11-18-17(12-14)16-9-6-5-8-15(16)13-19(18)2;/h5-6,8-13H,3-4,7H2,1-2H3;1H/q+1;/p-1. The summed E-state index contributed by atoms with van der Waals surface area (Å²) in [6.45, 7) is 2.25. The van der Waals surface area contributed by atoms with Crippen molar-refractivity contribution in [2.45, 2.75) is 26.2 Å². The summed E-state index contributed by atoms with van der Waals surface area (Å²) in [6, 6.07) is 15.5. The second-order valence-electron chi connectivity index (χ2n) is 5.28. The molecule has 0 aliphatic heterocycles. The molecule has 1 nitrogen and oxygen atoms in total. The third-order valence-electron chi connectivity index (χ3n) is 3.84. The summed E-state index contributed by atoms with van der Waals surface area (Å²) in [5.41, 5.74) is 2.75. The number of rotatable bonds is 3. The summed E-state index contributed by atoms with van der Waals surface area (Å²) in [5, 5.41) is 4.04. The monoisotopic (exact) mass is 285 g/mol. The Hall–Kier alpha value is -1.60. The van der Waals surface area contributed by atoms with Gasteiger partial charge in [0.15, 0.2) is 6.20 Å². The van der Waals surface area contributed by atoms with Crippen LogP contribution in [0.3, 0.4) is 0 Å². The maximum atomic E-state index is 2.37. The smallest absolute Gasteiger partial charge is 0.212 e. The fourth-order valence-electron chi connectivity index (χ4n) is 2.78. The van der Waals surface area contributed by atoms with Crippen molar-refractivity contribution in [3.8, 4) is 0 Å². The number of hydrogen-bond donors (Lipinski definition) is 0. The lowest BCUT2D eigenvalue weighted by Crippen LogP contribution is -3.00. The van der Waals surface area contributed by atoms with Crippen molar-refractivity contribution in [2.75, 3.05) is 0 Å². The number of fused-ring (bicyclic) bond motifs is 3. The van der Waals surface area contributed by atoms with Crippen molar-refractivity contribution in [3.05, 3.63) is 54.2 Å². The van der Waals surface area contributed by atoms with Gasteiger partial charge in [-0.2, -0.15) is 0 Å². The summed E-state index contributed by atoms with van der Waals surface area (Å²) in [4.78, 5) is 0. The van der Waals surface area contributed by atoms with Gasteiger partial charge >= 0.3 is 0 Å². The highest BCUT2D eigenvalue weighted by molar-refractivity contribution is 6.03. The zero-order valence-electron chi connectivity index (χ0n) is 12.1. The summed E-state index contributed by atoms with van der Waals surface area (Å²) >= 11 is 0. The Morgan fingerprint density at radius 3 is 2.60 bits per heavy atom. The molecule has 0 spiro atoms. The number of aryl methyl sites for hydroxylation is 2. The van der Waals surface area contributed by atoms with E-state index in [-0.39, 0.29) is 12.4 Å². The molecule has 0 aliphatic rings. The van der Waals surface area contributed by atoms with Crippen LogP contribution in [0.1, 0.15) is 25.3 Å². The van der Waals surface area contributed by atoms with E-state index in [2.05, 4.69) is 67.2 Å². The molecule has 2 aromatic carbocycles. The van der Waals surface area contributed by atoms with E-state index in [9.17, 15) is 0 Å². The second-order valence-corrected chi connectivity index (χ2v) is 5.28. The van der Waals surface area contributed by atoms with Gasteiger partial charge in [0.25, 0.3) is 0 Å². The fourth-order valence-corrected chi connectivity index (χ4v) is 2.78. The summed E-state index contributed by atoms with van der Waals surface area (Å²) < 4.78 is 2.22. The van der Waals surface area contributed by atoms with Crippen LogP contribution in [0.25, 0.3) is 21.7 Å². The lowest BCUT2D eigenvalue weighted by atomic mass is 10.0. The largest absolute Gasteiger partial charge is 1.00 e. The molecule has 0 saturated carbocycles. The molecule has 0 bridgehead atoms. The molecule has 20 heavy (non-hydrogen) atoms. The molecular formula is C18H20ClN. The van der Waals surface area contributed by atoms with E-state index in [1.165, 1.54) is 46.5 Å². The van der Waals surface area contributed by atoms with Gasteiger partial charge in [0.2, 0.25) is 5.52 Å². The topological polar surface area (TPSA) is 3.88 Å². The normalized spacial score (nSPS) is 10.7. The highest BCUT2D eigenvalue weighted by Gasteiger charge is 2.10. The van der Waals surface area contributed by atoms with Crippen molar-refractivity contribution in [3.63, 3.8) is 0 Å². The molecule has 0 unspecified atom stereocenters. The molecule has 0 N–H and O–H groups in total. The quantitative estimate of drug-likeness (QED) is 0.502. The van der Waals surface area contributed by atoms with Gasteiger partial charge in [0.05, 0.1) is 5.39 Å². The molecular weight excluding hydrogens is 266 g/mol. The zero-order valence-corrected chi connectivity index (χ0v) is 12.8. The van der Waals surface area contributed by atoms with Gasteiger partial charge in [-0.15, -0.1) is 0 Å². The Balaban J connectivity index is 0.00000147. The van der Waals surface area contributed by atoms with Gasteiger partial charge in [0, 0.05) is 16.8 Å². The zero-order chi connectivity index (χ0) is 13.2. The van der Waals surface area contributed by atoms with E-state index in [0.717, 1.165) is 0 Å². The second kappa shape index (κ2) is 6.23. The van der Waals surface area contributed by atoms with Gasteiger partial charge in [-0.25, -0.2) is 4.57 Å². The molecule has 0 atom stereocenters. The van der Waals surface area contributed by atoms with Gasteiger partial charge in [-0.05, 0) is 30.5 Å². The Bertz CT molecular complexity index is 734. The number of aromatic nitrogens is 1. The van der Waals surface area contributed by atoms with E-state index >= 15 is 0 Å². The van der Waals surface area contributed by atoms with Crippen molar-refractivity contribution in [1.82, 2.24) is 0 Å². The fraction of sp³-hybridized carbons (Fsp3) is 0.278. The molecule has 3 aromatic rings. The third-order valence-corrected chi connectivity index (χ3v) is 3.84. The number of nitrogens with zero attached hydrogens (tertiary/aromatic N) is 1. The Morgan fingerprint density at radius 1 is 1.00 bits per heavy atom. The predicted molar refractivity (Wildman–Crippen MR) is 81.2 cm³/mol. The van der Waals surface area contributed by atoms with Crippen molar-refractivity contribution >= 4 is 21.7 Å². The highest BCUT2D eigenvalue weighted by atomic mass is 35.5. The number of benzene rings is 2. The Labute approximate surface area is 126 Å². The van der Waals surface area contributed by atoms with Crippen LogP contribution in [0.2, 0.25) is 0 Å². The predicted octanol–water partition coefficient (Wildman–Crippen LogP) is 1.16. The van der Waals surface area contributed by atoms with Crippen molar-refractivity contribution in [2.24, 2.45) is 7.05 Å². The molecule has 0 fully saturated rings. The molecule has 2 heteroatoms. The summed E-state index contributed by atoms with van der Waals surface area (Å²) in [6.07, 6.45) is 5.91. The molecule has 0 radical (unpaired) electrons. The molecule has 1 aromatic heterocycles.